The first-order chi connectivity index (χ1) is 8.31. The summed E-state index contributed by atoms with van der Waals surface area (Å²) >= 11 is 1.48. The van der Waals surface area contributed by atoms with E-state index in [1.807, 2.05) is 0 Å². The molecular weight excluding hydrogens is 238 g/mol. The summed E-state index contributed by atoms with van der Waals surface area (Å²) in [6.07, 6.45) is 4.18. The van der Waals surface area contributed by atoms with E-state index in [4.69, 9.17) is 5.73 Å². The maximum Gasteiger partial charge on any atom is 0.161 e. The van der Waals surface area contributed by atoms with E-state index in [0.717, 1.165) is 18.8 Å². The molecule has 90 valence electrons. The molecule has 0 aliphatic carbocycles. The first-order valence-electron chi connectivity index (χ1n) is 5.25. The molecule has 2 heterocycles. The molecule has 0 aliphatic rings. The van der Waals surface area contributed by atoms with Crippen molar-refractivity contribution in [2.24, 2.45) is 0 Å². The average Bonchev–Trinajstić information content (AvgIpc) is 2.76. The molecule has 0 fully saturated rings. The third-order valence-electron chi connectivity index (χ3n) is 2.07. The Hall–Kier alpha value is -1.70. The van der Waals surface area contributed by atoms with Gasteiger partial charge in [-0.1, -0.05) is 18.7 Å². The van der Waals surface area contributed by atoms with Gasteiger partial charge in [-0.25, -0.2) is 14.6 Å². The molecule has 7 nitrogen and oxygen atoms in total. The van der Waals surface area contributed by atoms with Gasteiger partial charge in [-0.05, 0) is 16.8 Å². The lowest BCUT2D eigenvalue weighted by molar-refractivity contribution is 0.564. The van der Waals surface area contributed by atoms with Crippen molar-refractivity contribution >= 4 is 17.6 Å². The van der Waals surface area contributed by atoms with Crippen LogP contribution >= 0.6 is 11.8 Å². The van der Waals surface area contributed by atoms with Crippen molar-refractivity contribution in [1.29, 1.82) is 0 Å². The minimum atomic E-state index is 0.437. The quantitative estimate of drug-likeness (QED) is 0.783. The largest absolute Gasteiger partial charge is 0.381 e. The Morgan fingerprint density at radius 3 is 2.94 bits per heavy atom. The first-order valence-corrected chi connectivity index (χ1v) is 6.24. The van der Waals surface area contributed by atoms with Gasteiger partial charge in [0.15, 0.2) is 11.6 Å². The summed E-state index contributed by atoms with van der Waals surface area (Å²) in [5.41, 5.74) is 5.70. The number of nitrogens with zero attached hydrogens (tertiary/aromatic N) is 6. The lowest BCUT2D eigenvalue weighted by Gasteiger charge is -2.03. The van der Waals surface area contributed by atoms with Crippen molar-refractivity contribution < 1.29 is 0 Å². The summed E-state index contributed by atoms with van der Waals surface area (Å²) in [5.74, 6) is 1.89. The number of rotatable bonds is 5. The molecule has 2 aromatic heterocycles. The number of nitrogen functional groups attached to an aromatic ring is 1. The number of nitrogens with two attached hydrogens (primary N) is 1. The molecule has 17 heavy (non-hydrogen) atoms. The van der Waals surface area contributed by atoms with E-state index in [2.05, 4.69) is 32.4 Å². The number of anilines is 1. The van der Waals surface area contributed by atoms with Gasteiger partial charge >= 0.3 is 0 Å². The van der Waals surface area contributed by atoms with Gasteiger partial charge in [-0.15, -0.1) is 5.10 Å². The highest BCUT2D eigenvalue weighted by Crippen LogP contribution is 2.22. The van der Waals surface area contributed by atoms with Gasteiger partial charge in [0.25, 0.3) is 0 Å². The molecule has 0 aliphatic heterocycles. The van der Waals surface area contributed by atoms with Crippen LogP contribution in [0.5, 0.6) is 0 Å². The molecular formula is C9H13N7S. The Kier molecular flexibility index (Phi) is 3.86. The van der Waals surface area contributed by atoms with Crippen LogP contribution in [0.15, 0.2) is 17.4 Å². The molecule has 2 N–H and O–H groups in total. The predicted molar refractivity (Wildman–Crippen MR) is 64.1 cm³/mol. The summed E-state index contributed by atoms with van der Waals surface area (Å²) in [5, 5.41) is 12.3. The highest BCUT2D eigenvalue weighted by molar-refractivity contribution is 7.98. The molecule has 0 aromatic carbocycles. The van der Waals surface area contributed by atoms with Gasteiger partial charge in [0.05, 0.1) is 5.75 Å². The number of aryl methyl sites for hydroxylation is 1. The second-order valence-electron chi connectivity index (χ2n) is 3.35. The molecule has 8 heteroatoms. The summed E-state index contributed by atoms with van der Waals surface area (Å²) < 4.78 is 1.79. The van der Waals surface area contributed by atoms with Crippen LogP contribution < -0.4 is 5.73 Å². The van der Waals surface area contributed by atoms with Crippen LogP contribution in [0.2, 0.25) is 0 Å². The average molecular weight is 251 g/mol. The Balaban J connectivity index is 2.02. The Morgan fingerprint density at radius 1 is 1.35 bits per heavy atom. The number of hydrogen-bond acceptors (Lipinski definition) is 7. The molecule has 0 atom stereocenters. The molecule has 0 saturated carbocycles. The van der Waals surface area contributed by atoms with Crippen molar-refractivity contribution in [3.8, 4) is 0 Å². The van der Waals surface area contributed by atoms with Crippen LogP contribution in [0.4, 0.5) is 5.82 Å². The van der Waals surface area contributed by atoms with Gasteiger partial charge in [0, 0.05) is 18.9 Å². The summed E-state index contributed by atoms with van der Waals surface area (Å²) in [4.78, 5) is 8.12. The zero-order chi connectivity index (χ0) is 12.1. The van der Waals surface area contributed by atoms with E-state index in [-0.39, 0.29) is 0 Å². The molecule has 0 unspecified atom stereocenters. The maximum atomic E-state index is 5.70. The van der Waals surface area contributed by atoms with Crippen molar-refractivity contribution in [3.05, 3.63) is 18.2 Å². The van der Waals surface area contributed by atoms with Crippen molar-refractivity contribution in [2.75, 3.05) is 5.73 Å². The van der Waals surface area contributed by atoms with E-state index in [1.165, 1.54) is 11.8 Å². The number of tetrazole rings is 1. The van der Waals surface area contributed by atoms with Crippen LogP contribution in [0.1, 0.15) is 19.2 Å². The molecule has 0 amide bonds. The van der Waals surface area contributed by atoms with Gasteiger partial charge in [-0.3, -0.25) is 0 Å². The predicted octanol–water partition coefficient (Wildman–Crippen LogP) is 0.748. The van der Waals surface area contributed by atoms with Crippen molar-refractivity contribution in [1.82, 2.24) is 30.2 Å². The second kappa shape index (κ2) is 5.58. The zero-order valence-corrected chi connectivity index (χ0v) is 10.3. The van der Waals surface area contributed by atoms with Gasteiger partial charge < -0.3 is 5.73 Å². The smallest absolute Gasteiger partial charge is 0.161 e. The van der Waals surface area contributed by atoms with E-state index in [1.54, 1.807) is 17.1 Å². The van der Waals surface area contributed by atoms with Crippen LogP contribution in [0.3, 0.4) is 0 Å². The fraction of sp³-hybridized carbons (Fsp3) is 0.444. The van der Waals surface area contributed by atoms with Crippen molar-refractivity contribution in [3.63, 3.8) is 0 Å². The molecule has 0 bridgehead atoms. The fourth-order valence-electron chi connectivity index (χ4n) is 1.29. The van der Waals surface area contributed by atoms with E-state index in [9.17, 15) is 0 Å². The molecule has 2 aromatic rings. The first kappa shape index (κ1) is 11.8. The molecule has 0 saturated heterocycles. The summed E-state index contributed by atoms with van der Waals surface area (Å²) in [6.45, 7) is 2.90. The number of hydrogen-bond donors (Lipinski definition) is 1. The lowest BCUT2D eigenvalue weighted by Crippen LogP contribution is -2.04. The van der Waals surface area contributed by atoms with Crippen LogP contribution in [0, 0.1) is 0 Å². The third kappa shape index (κ3) is 2.90. The summed E-state index contributed by atoms with van der Waals surface area (Å²) in [7, 11) is 0. The monoisotopic (exact) mass is 251 g/mol. The highest BCUT2D eigenvalue weighted by atomic mass is 32.2. The normalized spacial score (nSPS) is 10.6. The van der Waals surface area contributed by atoms with Gasteiger partial charge in [0.2, 0.25) is 0 Å². The minimum Gasteiger partial charge on any atom is -0.381 e. The minimum absolute atomic E-state index is 0.437. The molecule has 0 radical (unpaired) electrons. The van der Waals surface area contributed by atoms with Crippen LogP contribution in [-0.4, -0.2) is 30.2 Å². The van der Waals surface area contributed by atoms with Gasteiger partial charge in [0.1, 0.15) is 5.03 Å². The third-order valence-corrected chi connectivity index (χ3v) is 3.06. The fourth-order valence-corrected chi connectivity index (χ4v) is 2.10. The Labute approximate surface area is 103 Å². The van der Waals surface area contributed by atoms with Gasteiger partial charge in [-0.2, -0.15) is 0 Å². The standard InChI is InChI=1S/C9H13N7S/c1-2-5-16-7(13-14-15-16)6-17-9-8(10)11-3-4-12-9/h3-4H,2,5-6H2,1H3,(H2,10,11). The van der Waals surface area contributed by atoms with Crippen molar-refractivity contribution in [2.45, 2.75) is 30.7 Å². The van der Waals surface area contributed by atoms with E-state index >= 15 is 0 Å². The number of thioether (sulfide) groups is 1. The Bertz CT molecular complexity index is 484. The number of aromatic nitrogens is 6. The maximum absolute atomic E-state index is 5.70. The summed E-state index contributed by atoms with van der Waals surface area (Å²) in [6, 6.07) is 0. The highest BCUT2D eigenvalue weighted by Gasteiger charge is 2.08. The van der Waals surface area contributed by atoms with Crippen LogP contribution in [0.25, 0.3) is 0 Å². The SMILES string of the molecule is CCCn1nnnc1CSc1nccnc1N. The second-order valence-corrected chi connectivity index (χ2v) is 4.32. The Morgan fingerprint density at radius 2 is 2.18 bits per heavy atom. The molecule has 0 spiro atoms. The van der Waals surface area contributed by atoms with Crippen LogP contribution in [-0.2, 0) is 12.3 Å². The lowest BCUT2D eigenvalue weighted by atomic mass is 10.5. The molecule has 2 rings (SSSR count). The van der Waals surface area contributed by atoms with E-state index < -0.39 is 0 Å². The topological polar surface area (TPSA) is 95.4 Å². The van der Waals surface area contributed by atoms with E-state index in [0.29, 0.717) is 16.6 Å². The zero-order valence-electron chi connectivity index (χ0n) is 9.44.